The van der Waals surface area contributed by atoms with Gasteiger partial charge in [0.1, 0.15) is 47.2 Å². The summed E-state index contributed by atoms with van der Waals surface area (Å²) in [5, 5.41) is 51.4. The predicted molar refractivity (Wildman–Crippen MR) is 109 cm³/mol. The molecule has 2 aromatic carbocycles. The molecule has 32 heavy (non-hydrogen) atoms. The molecule has 2 aromatic rings. The van der Waals surface area contributed by atoms with E-state index in [1.165, 1.54) is 19.4 Å². The van der Waals surface area contributed by atoms with Crippen LogP contribution in [-0.4, -0.2) is 75.9 Å². The van der Waals surface area contributed by atoms with E-state index in [1.54, 1.807) is 19.1 Å². The highest BCUT2D eigenvalue weighted by molar-refractivity contribution is 6.05. The molecule has 5 atom stereocenters. The normalized spacial score (nSPS) is 27.9. The van der Waals surface area contributed by atoms with Crippen molar-refractivity contribution in [2.24, 2.45) is 0 Å². The van der Waals surface area contributed by atoms with Crippen LogP contribution in [0.15, 0.2) is 30.0 Å². The second kappa shape index (κ2) is 8.57. The van der Waals surface area contributed by atoms with Gasteiger partial charge in [-0.3, -0.25) is 0 Å². The van der Waals surface area contributed by atoms with Gasteiger partial charge in [-0.15, -0.1) is 0 Å². The van der Waals surface area contributed by atoms with E-state index in [0.717, 1.165) is 5.57 Å². The summed E-state index contributed by atoms with van der Waals surface area (Å²) in [5.41, 5.74) is 1.32. The first-order valence-electron chi connectivity index (χ1n) is 9.95. The lowest BCUT2D eigenvalue weighted by Crippen LogP contribution is -2.60. The molecule has 4 rings (SSSR count). The molecule has 2 aliphatic heterocycles. The topological polar surface area (TPSA) is 155 Å². The number of carbonyl (C=O) groups excluding carboxylic acids is 1. The number of aromatic hydroxyl groups is 1. The van der Waals surface area contributed by atoms with Crippen molar-refractivity contribution in [2.75, 3.05) is 13.7 Å². The number of rotatable bonds is 4. The first-order valence-corrected chi connectivity index (χ1v) is 9.95. The van der Waals surface area contributed by atoms with Gasteiger partial charge in [0.25, 0.3) is 0 Å². The summed E-state index contributed by atoms with van der Waals surface area (Å²) in [6, 6.07) is 4.77. The summed E-state index contributed by atoms with van der Waals surface area (Å²) in [5.74, 6) is -0.760. The molecule has 0 bridgehead atoms. The molecule has 10 nitrogen and oxygen atoms in total. The third-order valence-electron chi connectivity index (χ3n) is 5.60. The van der Waals surface area contributed by atoms with Gasteiger partial charge in [0, 0.05) is 6.07 Å². The number of hydrogen-bond acceptors (Lipinski definition) is 10. The van der Waals surface area contributed by atoms with E-state index in [0.29, 0.717) is 23.1 Å². The maximum Gasteiger partial charge on any atom is 0.347 e. The van der Waals surface area contributed by atoms with Crippen LogP contribution in [0.5, 0.6) is 17.2 Å². The van der Waals surface area contributed by atoms with Gasteiger partial charge >= 0.3 is 5.97 Å². The Bertz CT molecular complexity index is 1080. The minimum absolute atomic E-state index is 0.00860. The molecule has 0 aromatic heterocycles. The van der Waals surface area contributed by atoms with Crippen molar-refractivity contribution < 1.29 is 49.3 Å². The monoisotopic (exact) mass is 448 g/mol. The minimum atomic E-state index is -1.66. The Hall–Kier alpha value is -2.89. The molecule has 1 saturated heterocycles. The Morgan fingerprint density at radius 3 is 2.56 bits per heavy atom. The summed E-state index contributed by atoms with van der Waals surface area (Å²) in [6.07, 6.45) is -5.81. The van der Waals surface area contributed by atoms with Crippen LogP contribution in [0.3, 0.4) is 0 Å². The van der Waals surface area contributed by atoms with Crippen molar-refractivity contribution >= 4 is 16.7 Å². The van der Waals surface area contributed by atoms with Crippen LogP contribution in [0.2, 0.25) is 0 Å². The molecular formula is C22H24O10. The standard InChI is InChI=1S/C22H24O10/c1-9-3-10-4-11-5-12(29-2)6-13(15(11)18(25)16(10)21(28)30-8-9)31-22-20(27)19(26)17(24)14(7-23)32-22/h4-6,8,14,17,19-20,22-27H,3,7H2,1-2H3/t14-,17-,19+,20-,22-/m0/s1. The van der Waals surface area contributed by atoms with E-state index in [-0.39, 0.29) is 22.4 Å². The summed E-state index contributed by atoms with van der Waals surface area (Å²) in [4.78, 5) is 12.5. The van der Waals surface area contributed by atoms with Crippen LogP contribution in [0.4, 0.5) is 0 Å². The molecule has 2 aliphatic rings. The van der Waals surface area contributed by atoms with Crippen LogP contribution < -0.4 is 9.47 Å². The molecule has 0 amide bonds. The number of hydrogen-bond donors (Lipinski definition) is 5. The first-order chi connectivity index (χ1) is 15.2. The number of carbonyl (C=O) groups is 1. The highest BCUT2D eigenvalue weighted by atomic mass is 16.7. The molecule has 1 fully saturated rings. The number of ether oxygens (including phenoxy) is 4. The van der Waals surface area contributed by atoms with E-state index in [9.17, 15) is 30.3 Å². The second-order valence-corrected chi connectivity index (χ2v) is 7.84. The van der Waals surface area contributed by atoms with Crippen LogP contribution in [0.1, 0.15) is 22.8 Å². The average molecular weight is 448 g/mol. The average Bonchev–Trinajstić information content (AvgIpc) is 2.91. The molecule has 0 saturated carbocycles. The lowest BCUT2D eigenvalue weighted by Gasteiger charge is -2.39. The maximum atomic E-state index is 12.5. The number of cyclic esters (lactones) is 1. The number of esters is 1. The van der Waals surface area contributed by atoms with E-state index < -0.39 is 43.3 Å². The van der Waals surface area contributed by atoms with Crippen LogP contribution in [-0.2, 0) is 15.9 Å². The van der Waals surface area contributed by atoms with Crippen LogP contribution in [0.25, 0.3) is 10.8 Å². The SMILES string of the molecule is COc1cc(O[C@H]2O[C@@H](CO)[C@H](O)[C@@H](O)[C@@H]2O)c2c(O)c3c(cc2c1)CC(C)=COC3=O. The van der Waals surface area contributed by atoms with Crippen molar-refractivity contribution in [3.05, 3.63) is 41.2 Å². The Balaban J connectivity index is 1.84. The van der Waals surface area contributed by atoms with Crippen LogP contribution in [0, 0.1) is 0 Å². The van der Waals surface area contributed by atoms with Crippen molar-refractivity contribution in [3.8, 4) is 17.2 Å². The molecule has 172 valence electrons. The Morgan fingerprint density at radius 2 is 1.88 bits per heavy atom. The fraction of sp³-hybridized carbons (Fsp3) is 0.409. The quantitative estimate of drug-likeness (QED) is 0.414. The zero-order valence-electron chi connectivity index (χ0n) is 17.4. The summed E-state index contributed by atoms with van der Waals surface area (Å²) in [7, 11) is 1.44. The number of phenols is 1. The third-order valence-corrected chi connectivity index (χ3v) is 5.60. The molecule has 0 aliphatic carbocycles. The predicted octanol–water partition coefficient (Wildman–Crippen LogP) is 0.349. The van der Waals surface area contributed by atoms with E-state index in [2.05, 4.69) is 0 Å². The number of fused-ring (bicyclic) bond motifs is 2. The van der Waals surface area contributed by atoms with Crippen molar-refractivity contribution in [2.45, 2.75) is 44.1 Å². The van der Waals surface area contributed by atoms with Gasteiger partial charge in [-0.25, -0.2) is 4.79 Å². The van der Waals surface area contributed by atoms with Crippen molar-refractivity contribution in [3.63, 3.8) is 0 Å². The Morgan fingerprint density at radius 1 is 1.12 bits per heavy atom. The van der Waals surface area contributed by atoms with Gasteiger partial charge in [0.15, 0.2) is 0 Å². The van der Waals surface area contributed by atoms with Crippen molar-refractivity contribution in [1.29, 1.82) is 0 Å². The van der Waals surface area contributed by atoms with Gasteiger partial charge in [-0.1, -0.05) is 0 Å². The summed E-state index contributed by atoms with van der Waals surface area (Å²) in [6.45, 7) is 1.17. The zero-order chi connectivity index (χ0) is 23.2. The lowest BCUT2D eigenvalue weighted by atomic mass is 9.95. The van der Waals surface area contributed by atoms with Gasteiger partial charge < -0.3 is 44.5 Å². The fourth-order valence-electron chi connectivity index (χ4n) is 3.94. The maximum absolute atomic E-state index is 12.5. The third kappa shape index (κ3) is 3.76. The fourth-order valence-corrected chi connectivity index (χ4v) is 3.94. The van der Waals surface area contributed by atoms with E-state index in [1.807, 2.05) is 0 Å². The van der Waals surface area contributed by atoms with E-state index >= 15 is 0 Å². The smallest absolute Gasteiger partial charge is 0.347 e. The van der Waals surface area contributed by atoms with Gasteiger partial charge in [0.2, 0.25) is 6.29 Å². The lowest BCUT2D eigenvalue weighted by molar-refractivity contribution is -0.277. The molecule has 0 radical (unpaired) electrons. The largest absolute Gasteiger partial charge is 0.506 e. The highest BCUT2D eigenvalue weighted by Crippen LogP contribution is 2.43. The summed E-state index contributed by atoms with van der Waals surface area (Å²) >= 11 is 0. The van der Waals surface area contributed by atoms with E-state index in [4.69, 9.17) is 18.9 Å². The Kier molecular flexibility index (Phi) is 5.97. The number of methoxy groups -OCH3 is 1. The summed E-state index contributed by atoms with van der Waals surface area (Å²) < 4.78 is 21.6. The van der Waals surface area contributed by atoms with Gasteiger partial charge in [0.05, 0.1) is 25.4 Å². The number of phenolic OH excluding ortho intramolecular Hbond substituents is 1. The number of aliphatic hydroxyl groups excluding tert-OH is 4. The van der Waals surface area contributed by atoms with Crippen LogP contribution >= 0.6 is 0 Å². The molecule has 5 N–H and O–H groups in total. The Labute approximate surface area is 182 Å². The van der Waals surface area contributed by atoms with Gasteiger partial charge in [-0.05, 0) is 42.0 Å². The van der Waals surface area contributed by atoms with Gasteiger partial charge in [-0.2, -0.15) is 0 Å². The second-order valence-electron chi connectivity index (χ2n) is 7.84. The molecular weight excluding hydrogens is 424 g/mol. The molecule has 0 spiro atoms. The number of allylic oxidation sites excluding steroid dienone is 1. The molecule has 10 heteroatoms. The first kappa shape index (κ1) is 22.3. The highest BCUT2D eigenvalue weighted by Gasteiger charge is 2.45. The molecule has 2 heterocycles. The molecule has 0 unspecified atom stereocenters. The van der Waals surface area contributed by atoms with Crippen molar-refractivity contribution in [1.82, 2.24) is 0 Å². The minimum Gasteiger partial charge on any atom is -0.506 e. The number of aliphatic hydroxyl groups is 4. The zero-order valence-corrected chi connectivity index (χ0v) is 17.4. The number of benzene rings is 2.